The van der Waals surface area contributed by atoms with E-state index in [0.717, 1.165) is 22.0 Å². The number of aliphatic hydroxyl groups excluding tert-OH is 1. The fourth-order valence-corrected chi connectivity index (χ4v) is 4.18. The number of aliphatic hydroxyl groups is 1. The highest BCUT2D eigenvalue weighted by Gasteiger charge is 2.15. The molecule has 0 saturated heterocycles. The van der Waals surface area contributed by atoms with Gasteiger partial charge in [-0.2, -0.15) is 0 Å². The van der Waals surface area contributed by atoms with Crippen LogP contribution in [0, 0.1) is 0 Å². The molecule has 1 unspecified atom stereocenters. The molecule has 1 amide bonds. The minimum atomic E-state index is -1.11. The molecule has 5 aromatic rings. The zero-order chi connectivity index (χ0) is 27.4. The lowest BCUT2D eigenvalue weighted by Crippen LogP contribution is -2.35. The van der Waals surface area contributed by atoms with Crippen molar-refractivity contribution in [2.45, 2.75) is 25.8 Å². The molecule has 0 spiro atoms. The summed E-state index contributed by atoms with van der Waals surface area (Å²) in [5, 5.41) is 19.3. The lowest BCUT2D eigenvalue weighted by Gasteiger charge is -2.15. The van der Waals surface area contributed by atoms with Gasteiger partial charge in [0.25, 0.3) is 5.91 Å². The number of rotatable bonds is 10. The Morgan fingerprint density at radius 2 is 1.97 bits per heavy atom. The molecule has 3 heterocycles. The highest BCUT2D eigenvalue weighted by molar-refractivity contribution is 6.34. The molecule has 5 rings (SSSR count). The molecule has 4 N–H and O–H groups in total. The summed E-state index contributed by atoms with van der Waals surface area (Å²) in [5.41, 5.74) is 12.7. The van der Waals surface area contributed by atoms with Crippen molar-refractivity contribution in [3.8, 4) is 11.3 Å². The number of fused-ring (bicyclic) bond motifs is 2. The number of carbonyl (C=O) groups excluding carboxylic acids is 1. The van der Waals surface area contributed by atoms with Crippen LogP contribution in [-0.4, -0.2) is 61.5 Å². The molecular formula is C27H26ClN7O4. The number of hydrogen-bond acceptors (Lipinski definition) is 9. The Labute approximate surface area is 228 Å². The molecule has 0 bridgehead atoms. The molecule has 200 valence electrons. The van der Waals surface area contributed by atoms with Gasteiger partial charge in [0.15, 0.2) is 11.9 Å². The van der Waals surface area contributed by atoms with Crippen LogP contribution in [0.4, 0.5) is 0 Å². The number of ether oxygens (including phenoxy) is 1. The second-order valence-corrected chi connectivity index (χ2v) is 9.32. The van der Waals surface area contributed by atoms with Gasteiger partial charge in [-0.15, -0.1) is 5.10 Å². The summed E-state index contributed by atoms with van der Waals surface area (Å²) in [5.74, 6) is -0.518. The van der Waals surface area contributed by atoms with Crippen LogP contribution in [-0.2, 0) is 16.1 Å². The van der Waals surface area contributed by atoms with E-state index in [9.17, 15) is 9.90 Å². The van der Waals surface area contributed by atoms with E-state index < -0.39 is 18.2 Å². The number of benzene rings is 2. The first-order valence-electron chi connectivity index (χ1n) is 12.2. The highest BCUT2D eigenvalue weighted by atomic mass is 35.5. The first-order chi connectivity index (χ1) is 18.9. The number of nitrogens with two attached hydrogens (primary N) is 1. The van der Waals surface area contributed by atoms with E-state index in [-0.39, 0.29) is 23.8 Å². The number of carbonyl (C=O) groups is 1. The average Bonchev–Trinajstić information content (AvgIpc) is 3.34. The van der Waals surface area contributed by atoms with E-state index in [1.807, 2.05) is 36.4 Å². The predicted octanol–water partition coefficient (Wildman–Crippen LogP) is 3.09. The van der Waals surface area contributed by atoms with Crippen LogP contribution in [0.5, 0.6) is 0 Å². The molecule has 0 aliphatic heterocycles. The van der Waals surface area contributed by atoms with Gasteiger partial charge in [0.1, 0.15) is 5.52 Å². The van der Waals surface area contributed by atoms with Gasteiger partial charge in [-0.1, -0.05) is 35.0 Å². The Morgan fingerprint density at radius 3 is 2.79 bits per heavy atom. The van der Waals surface area contributed by atoms with Gasteiger partial charge in [0.05, 0.1) is 47.6 Å². The van der Waals surface area contributed by atoms with Crippen molar-refractivity contribution in [2.24, 2.45) is 5.73 Å². The van der Waals surface area contributed by atoms with Crippen LogP contribution in [0.3, 0.4) is 0 Å². The largest absolute Gasteiger partial charge is 0.367 e. The molecule has 0 radical (unpaired) electrons. The van der Waals surface area contributed by atoms with Crippen molar-refractivity contribution >= 4 is 39.6 Å². The first-order valence-corrected chi connectivity index (χ1v) is 12.6. The molecule has 0 aliphatic carbocycles. The minimum absolute atomic E-state index is 0.0208. The fraction of sp³-hybridized carbons (Fsp3) is 0.222. The summed E-state index contributed by atoms with van der Waals surface area (Å²) in [4.78, 5) is 26.7. The highest BCUT2D eigenvalue weighted by Crippen LogP contribution is 2.26. The van der Waals surface area contributed by atoms with Crippen molar-refractivity contribution in [1.82, 2.24) is 30.4 Å². The molecule has 11 nitrogen and oxygen atoms in total. The lowest BCUT2D eigenvalue weighted by molar-refractivity contribution is -0.126. The van der Waals surface area contributed by atoms with E-state index in [1.54, 1.807) is 36.0 Å². The smallest absolute Gasteiger partial charge is 0.276 e. The van der Waals surface area contributed by atoms with Gasteiger partial charge in [-0.25, -0.2) is 15.1 Å². The average molecular weight is 548 g/mol. The van der Waals surface area contributed by atoms with Gasteiger partial charge >= 0.3 is 0 Å². The SMILES string of the molecule is C[C@H](N)C(O)OCCONC(=O)c1ccc(-c2ccc3nnn(Cc4ccc5ncccc5c4)c3n2)cc1Cl. The number of nitrogens with one attached hydrogen (secondary N) is 1. The van der Waals surface area contributed by atoms with E-state index in [0.29, 0.717) is 23.4 Å². The molecule has 0 fully saturated rings. The number of aromatic nitrogens is 5. The van der Waals surface area contributed by atoms with E-state index >= 15 is 0 Å². The van der Waals surface area contributed by atoms with Crippen LogP contribution in [0.2, 0.25) is 5.02 Å². The number of pyridine rings is 2. The predicted molar refractivity (Wildman–Crippen MR) is 146 cm³/mol. The van der Waals surface area contributed by atoms with E-state index in [2.05, 4.69) is 26.8 Å². The van der Waals surface area contributed by atoms with Crippen LogP contribution in [0.15, 0.2) is 66.9 Å². The second-order valence-electron chi connectivity index (χ2n) is 8.91. The number of hydrogen-bond donors (Lipinski definition) is 3. The first kappa shape index (κ1) is 26.6. The zero-order valence-electron chi connectivity index (χ0n) is 21.0. The van der Waals surface area contributed by atoms with Gasteiger partial charge in [-0.3, -0.25) is 14.6 Å². The molecule has 0 aliphatic rings. The van der Waals surface area contributed by atoms with Crippen molar-refractivity contribution in [3.63, 3.8) is 0 Å². The van der Waals surface area contributed by atoms with E-state index in [4.69, 9.17) is 31.9 Å². The third kappa shape index (κ3) is 6.19. The maximum absolute atomic E-state index is 12.5. The van der Waals surface area contributed by atoms with Crippen molar-refractivity contribution in [2.75, 3.05) is 13.2 Å². The van der Waals surface area contributed by atoms with Crippen LogP contribution in [0.25, 0.3) is 33.3 Å². The van der Waals surface area contributed by atoms with Crippen LogP contribution in [0.1, 0.15) is 22.8 Å². The number of hydroxylamine groups is 1. The van der Waals surface area contributed by atoms with Crippen molar-refractivity contribution < 1.29 is 19.5 Å². The molecule has 39 heavy (non-hydrogen) atoms. The molecular weight excluding hydrogens is 522 g/mol. The molecule has 2 aromatic carbocycles. The second kappa shape index (κ2) is 11.8. The van der Waals surface area contributed by atoms with Crippen molar-refractivity contribution in [1.29, 1.82) is 0 Å². The molecule has 3 aromatic heterocycles. The third-order valence-corrected chi connectivity index (χ3v) is 6.27. The monoisotopic (exact) mass is 547 g/mol. The molecule has 0 saturated carbocycles. The van der Waals surface area contributed by atoms with Crippen LogP contribution < -0.4 is 11.2 Å². The maximum Gasteiger partial charge on any atom is 0.276 e. The maximum atomic E-state index is 12.5. The topological polar surface area (TPSA) is 150 Å². The quantitative estimate of drug-likeness (QED) is 0.136. The Bertz CT molecular complexity index is 1620. The molecule has 2 atom stereocenters. The van der Waals surface area contributed by atoms with Gasteiger partial charge in [0.2, 0.25) is 0 Å². The summed E-state index contributed by atoms with van der Waals surface area (Å²) in [6, 6.07) is 18.1. The summed E-state index contributed by atoms with van der Waals surface area (Å²) >= 11 is 6.42. The Morgan fingerprint density at radius 1 is 1.13 bits per heavy atom. The molecule has 12 heteroatoms. The third-order valence-electron chi connectivity index (χ3n) is 5.96. The Balaban J connectivity index is 1.27. The normalized spacial score (nSPS) is 13.0. The van der Waals surface area contributed by atoms with E-state index in [1.165, 1.54) is 0 Å². The number of amides is 1. The fourth-order valence-electron chi connectivity index (χ4n) is 3.91. The van der Waals surface area contributed by atoms with Gasteiger partial charge < -0.3 is 15.6 Å². The van der Waals surface area contributed by atoms with Crippen molar-refractivity contribution in [3.05, 3.63) is 83.0 Å². The van der Waals surface area contributed by atoms with Gasteiger partial charge in [-0.05, 0) is 55.0 Å². The van der Waals surface area contributed by atoms with Crippen LogP contribution >= 0.6 is 11.6 Å². The standard InChI is InChI=1S/C27H26ClN7O4/c1-16(29)27(37)38-11-12-39-33-26(36)20-6-5-19(14-21(20)28)23-8-9-24-25(31-23)35(34-32-24)15-17-4-7-22-18(13-17)3-2-10-30-22/h2-10,13-14,16,27,37H,11-12,15,29H2,1H3,(H,33,36)/t16-,27?/m0/s1. The minimum Gasteiger partial charge on any atom is -0.367 e. The number of nitrogens with zero attached hydrogens (tertiary/aromatic N) is 5. The summed E-state index contributed by atoms with van der Waals surface area (Å²) < 4.78 is 6.81. The lowest BCUT2D eigenvalue weighted by atomic mass is 10.1. The Kier molecular flexibility index (Phi) is 8.05. The summed E-state index contributed by atoms with van der Waals surface area (Å²) in [6.07, 6.45) is 0.663. The Hall–Kier alpha value is -4.00. The van der Waals surface area contributed by atoms with Gasteiger partial charge in [0, 0.05) is 17.1 Å². The summed E-state index contributed by atoms with van der Waals surface area (Å²) in [7, 11) is 0. The number of halogens is 1. The summed E-state index contributed by atoms with van der Waals surface area (Å²) in [6.45, 7) is 2.18. The zero-order valence-corrected chi connectivity index (χ0v) is 21.7.